The number of aromatic nitrogens is 1. The van der Waals surface area contributed by atoms with Gasteiger partial charge in [-0.1, -0.05) is 12.8 Å². The summed E-state index contributed by atoms with van der Waals surface area (Å²) < 4.78 is 0. The molecule has 1 aromatic heterocycles. The van der Waals surface area contributed by atoms with E-state index in [9.17, 15) is 9.59 Å². The van der Waals surface area contributed by atoms with Crippen LogP contribution < -0.4 is 0 Å². The van der Waals surface area contributed by atoms with Crippen molar-refractivity contribution in [2.45, 2.75) is 39.5 Å². The molecule has 5 heteroatoms. The van der Waals surface area contributed by atoms with Crippen molar-refractivity contribution in [3.8, 4) is 0 Å². The Morgan fingerprint density at radius 3 is 2.36 bits per heavy atom. The Balaban J connectivity index is 2.16. The summed E-state index contributed by atoms with van der Waals surface area (Å²) >= 11 is 0. The number of carbonyl (C=O) groups excluding carboxylic acids is 2. The first kappa shape index (κ1) is 16.5. The molecule has 1 fully saturated rings. The molecule has 0 aliphatic carbocycles. The second-order valence-electron chi connectivity index (χ2n) is 5.61. The largest absolute Gasteiger partial charge is 0.339 e. The minimum Gasteiger partial charge on any atom is -0.339 e. The van der Waals surface area contributed by atoms with Crippen LogP contribution in [0.4, 0.5) is 0 Å². The highest BCUT2D eigenvalue weighted by molar-refractivity contribution is 5.98. The lowest BCUT2D eigenvalue weighted by Gasteiger charge is -2.21. The Morgan fingerprint density at radius 2 is 1.77 bits per heavy atom. The van der Waals surface area contributed by atoms with Crippen molar-refractivity contribution in [3.05, 3.63) is 29.6 Å². The van der Waals surface area contributed by atoms with Crippen LogP contribution in [0.25, 0.3) is 0 Å². The molecule has 0 atom stereocenters. The zero-order valence-electron chi connectivity index (χ0n) is 13.5. The number of pyridine rings is 1. The summed E-state index contributed by atoms with van der Waals surface area (Å²) in [7, 11) is 0. The molecule has 2 rings (SSSR count). The van der Waals surface area contributed by atoms with Gasteiger partial charge in [0.25, 0.3) is 11.8 Å². The predicted octanol–water partition coefficient (Wildman–Crippen LogP) is 2.58. The van der Waals surface area contributed by atoms with Gasteiger partial charge in [-0.05, 0) is 38.8 Å². The molecule has 1 aliphatic rings. The fourth-order valence-corrected chi connectivity index (χ4v) is 2.81. The first-order valence-corrected chi connectivity index (χ1v) is 8.22. The van der Waals surface area contributed by atoms with E-state index in [1.54, 1.807) is 23.2 Å². The third-order valence-electron chi connectivity index (χ3n) is 4.17. The van der Waals surface area contributed by atoms with Gasteiger partial charge >= 0.3 is 0 Å². The molecular formula is C17H25N3O2. The van der Waals surface area contributed by atoms with Gasteiger partial charge in [-0.3, -0.25) is 14.6 Å². The summed E-state index contributed by atoms with van der Waals surface area (Å²) in [4.78, 5) is 32.7. The van der Waals surface area contributed by atoms with E-state index in [1.165, 1.54) is 12.8 Å². The van der Waals surface area contributed by atoms with E-state index in [0.717, 1.165) is 25.9 Å². The summed E-state index contributed by atoms with van der Waals surface area (Å²) in [6.07, 6.45) is 6.05. The van der Waals surface area contributed by atoms with Gasteiger partial charge in [-0.25, -0.2) is 0 Å². The first-order chi connectivity index (χ1) is 10.7. The topological polar surface area (TPSA) is 53.5 Å². The minimum atomic E-state index is -0.115. The smallest absolute Gasteiger partial charge is 0.272 e. The molecule has 2 heterocycles. The van der Waals surface area contributed by atoms with Gasteiger partial charge in [0, 0.05) is 37.9 Å². The molecule has 1 aromatic rings. The maximum atomic E-state index is 12.6. The van der Waals surface area contributed by atoms with Gasteiger partial charge in [0.05, 0.1) is 0 Å². The molecule has 120 valence electrons. The Kier molecular flexibility index (Phi) is 5.92. The van der Waals surface area contributed by atoms with Gasteiger partial charge in [-0.15, -0.1) is 0 Å². The fraction of sp³-hybridized carbons (Fsp3) is 0.588. The van der Waals surface area contributed by atoms with E-state index in [0.29, 0.717) is 24.3 Å². The van der Waals surface area contributed by atoms with Crippen LogP contribution in [0.15, 0.2) is 18.3 Å². The second-order valence-corrected chi connectivity index (χ2v) is 5.61. The zero-order valence-corrected chi connectivity index (χ0v) is 13.5. The minimum absolute atomic E-state index is 0.0119. The summed E-state index contributed by atoms with van der Waals surface area (Å²) in [5, 5.41) is 0. The van der Waals surface area contributed by atoms with Crippen LogP contribution in [-0.2, 0) is 0 Å². The Hall–Kier alpha value is -1.91. The van der Waals surface area contributed by atoms with E-state index in [4.69, 9.17) is 0 Å². The molecule has 0 saturated carbocycles. The lowest BCUT2D eigenvalue weighted by atomic mass is 10.2. The molecule has 1 saturated heterocycles. The van der Waals surface area contributed by atoms with Crippen molar-refractivity contribution in [3.63, 3.8) is 0 Å². The van der Waals surface area contributed by atoms with Crippen LogP contribution in [0.3, 0.4) is 0 Å². The standard InChI is InChI=1S/C17H25N3O2/c1-3-19(4-2)17(22)15-13-14(9-10-18-15)16(21)20-11-7-5-6-8-12-20/h9-10,13H,3-8,11-12H2,1-2H3. The Labute approximate surface area is 132 Å². The number of likely N-dealkylation sites (tertiary alicyclic amines) is 1. The third-order valence-corrected chi connectivity index (χ3v) is 4.17. The summed E-state index contributed by atoms with van der Waals surface area (Å²) in [6.45, 7) is 6.77. The molecule has 0 N–H and O–H groups in total. The van der Waals surface area contributed by atoms with Crippen molar-refractivity contribution in [2.24, 2.45) is 0 Å². The van der Waals surface area contributed by atoms with Crippen molar-refractivity contribution in [1.29, 1.82) is 0 Å². The quantitative estimate of drug-likeness (QED) is 0.859. The van der Waals surface area contributed by atoms with Crippen LogP contribution in [0, 0.1) is 0 Å². The van der Waals surface area contributed by atoms with E-state index >= 15 is 0 Å². The molecule has 0 spiro atoms. The van der Waals surface area contributed by atoms with Gasteiger partial charge in [0.15, 0.2) is 0 Å². The highest BCUT2D eigenvalue weighted by Gasteiger charge is 2.20. The first-order valence-electron chi connectivity index (χ1n) is 8.22. The van der Waals surface area contributed by atoms with Crippen LogP contribution in [-0.4, -0.2) is 52.8 Å². The number of nitrogens with zero attached hydrogens (tertiary/aromatic N) is 3. The van der Waals surface area contributed by atoms with Crippen molar-refractivity contribution in [1.82, 2.24) is 14.8 Å². The van der Waals surface area contributed by atoms with Crippen molar-refractivity contribution in [2.75, 3.05) is 26.2 Å². The number of carbonyl (C=O) groups is 2. The van der Waals surface area contributed by atoms with Crippen LogP contribution >= 0.6 is 0 Å². The average molecular weight is 303 g/mol. The highest BCUT2D eigenvalue weighted by Crippen LogP contribution is 2.14. The highest BCUT2D eigenvalue weighted by atomic mass is 16.2. The zero-order chi connectivity index (χ0) is 15.9. The molecule has 1 aliphatic heterocycles. The van der Waals surface area contributed by atoms with Crippen molar-refractivity contribution < 1.29 is 9.59 Å². The van der Waals surface area contributed by atoms with Crippen molar-refractivity contribution >= 4 is 11.8 Å². The summed E-state index contributed by atoms with van der Waals surface area (Å²) in [5.74, 6) is -0.103. The van der Waals surface area contributed by atoms with Crippen LogP contribution in [0.1, 0.15) is 60.4 Å². The fourth-order valence-electron chi connectivity index (χ4n) is 2.81. The number of hydrogen-bond donors (Lipinski definition) is 0. The van der Waals surface area contributed by atoms with Crippen LogP contribution in [0.2, 0.25) is 0 Å². The van der Waals surface area contributed by atoms with Gasteiger partial charge < -0.3 is 9.80 Å². The molecule has 0 radical (unpaired) electrons. The van der Waals surface area contributed by atoms with E-state index in [-0.39, 0.29) is 11.8 Å². The number of amides is 2. The number of hydrogen-bond acceptors (Lipinski definition) is 3. The molecule has 0 unspecified atom stereocenters. The second kappa shape index (κ2) is 7.92. The maximum Gasteiger partial charge on any atom is 0.272 e. The molecule has 0 bridgehead atoms. The average Bonchev–Trinajstić information content (AvgIpc) is 2.84. The van der Waals surface area contributed by atoms with E-state index in [1.807, 2.05) is 18.7 Å². The van der Waals surface area contributed by atoms with Crippen LogP contribution in [0.5, 0.6) is 0 Å². The molecule has 2 amide bonds. The molecular weight excluding hydrogens is 278 g/mol. The molecule has 5 nitrogen and oxygen atoms in total. The molecule has 22 heavy (non-hydrogen) atoms. The molecule has 0 aromatic carbocycles. The Morgan fingerprint density at radius 1 is 1.14 bits per heavy atom. The normalized spacial score (nSPS) is 15.3. The van der Waals surface area contributed by atoms with Gasteiger partial charge in [-0.2, -0.15) is 0 Å². The van der Waals surface area contributed by atoms with E-state index in [2.05, 4.69) is 4.98 Å². The van der Waals surface area contributed by atoms with E-state index < -0.39 is 0 Å². The monoisotopic (exact) mass is 303 g/mol. The van der Waals surface area contributed by atoms with Gasteiger partial charge in [0.2, 0.25) is 0 Å². The maximum absolute atomic E-state index is 12.6. The SMILES string of the molecule is CCN(CC)C(=O)c1cc(C(=O)N2CCCCCC2)ccn1. The Bertz CT molecular complexity index is 518. The predicted molar refractivity (Wildman–Crippen MR) is 85.9 cm³/mol. The third kappa shape index (κ3) is 3.84. The lowest BCUT2D eigenvalue weighted by molar-refractivity contribution is 0.0761. The summed E-state index contributed by atoms with van der Waals surface area (Å²) in [6, 6.07) is 3.33. The van der Waals surface area contributed by atoms with Gasteiger partial charge in [0.1, 0.15) is 5.69 Å². The lowest BCUT2D eigenvalue weighted by Crippen LogP contribution is -2.33. The summed E-state index contributed by atoms with van der Waals surface area (Å²) in [5.41, 5.74) is 0.914. The number of rotatable bonds is 4.